The number of benzene rings is 1. The number of ketones is 1. The van der Waals surface area contributed by atoms with E-state index in [4.69, 9.17) is 4.74 Å². The SMILES string of the molecule is O=C(CC1CCCCCC1)c1ccc2c(c1)COC2. The highest BCUT2D eigenvalue weighted by molar-refractivity contribution is 5.96. The molecule has 3 rings (SSSR count). The molecule has 102 valence electrons. The van der Waals surface area contributed by atoms with E-state index >= 15 is 0 Å². The van der Waals surface area contributed by atoms with E-state index in [0.29, 0.717) is 24.9 Å². The van der Waals surface area contributed by atoms with E-state index in [1.165, 1.54) is 49.7 Å². The molecule has 1 aliphatic carbocycles. The molecule has 0 bridgehead atoms. The van der Waals surface area contributed by atoms with Gasteiger partial charge in [0.25, 0.3) is 0 Å². The molecule has 0 radical (unpaired) electrons. The van der Waals surface area contributed by atoms with Gasteiger partial charge < -0.3 is 4.74 Å². The molecule has 0 unspecified atom stereocenters. The van der Waals surface area contributed by atoms with Gasteiger partial charge in [-0.1, -0.05) is 50.7 Å². The van der Waals surface area contributed by atoms with E-state index in [2.05, 4.69) is 6.07 Å². The molecule has 1 aromatic carbocycles. The second-order valence-corrected chi connectivity index (χ2v) is 5.96. The maximum atomic E-state index is 12.4. The normalized spacial score (nSPS) is 20.0. The first kappa shape index (κ1) is 12.9. The first-order chi connectivity index (χ1) is 9.33. The molecule has 0 N–H and O–H groups in total. The first-order valence-corrected chi connectivity index (χ1v) is 7.55. The van der Waals surface area contributed by atoms with Gasteiger partial charge >= 0.3 is 0 Å². The Morgan fingerprint density at radius 1 is 1.05 bits per heavy atom. The summed E-state index contributed by atoms with van der Waals surface area (Å²) in [5.41, 5.74) is 3.33. The van der Waals surface area contributed by atoms with Crippen LogP contribution in [0.15, 0.2) is 18.2 Å². The molecule has 0 spiro atoms. The lowest BCUT2D eigenvalue weighted by Crippen LogP contribution is -2.08. The van der Waals surface area contributed by atoms with Gasteiger partial charge in [0, 0.05) is 12.0 Å². The summed E-state index contributed by atoms with van der Waals surface area (Å²) in [4.78, 5) is 12.4. The molecule has 2 aliphatic rings. The molecule has 2 heteroatoms. The Morgan fingerprint density at radius 2 is 1.79 bits per heavy atom. The Bertz CT molecular complexity index is 456. The van der Waals surface area contributed by atoms with Crippen molar-refractivity contribution in [3.05, 3.63) is 34.9 Å². The molecular formula is C17H22O2. The molecule has 19 heavy (non-hydrogen) atoms. The summed E-state index contributed by atoms with van der Waals surface area (Å²) < 4.78 is 5.40. The summed E-state index contributed by atoms with van der Waals surface area (Å²) in [6.45, 7) is 1.37. The van der Waals surface area contributed by atoms with Crippen LogP contribution in [0.5, 0.6) is 0 Å². The van der Waals surface area contributed by atoms with Gasteiger partial charge in [0.1, 0.15) is 0 Å². The molecule has 0 saturated heterocycles. The number of Topliss-reactive ketones (excluding diaryl/α,β-unsaturated/α-hetero) is 1. The lowest BCUT2D eigenvalue weighted by atomic mass is 9.91. The minimum atomic E-state index is 0.321. The lowest BCUT2D eigenvalue weighted by Gasteiger charge is -2.13. The Labute approximate surface area is 115 Å². The molecular weight excluding hydrogens is 236 g/mol. The van der Waals surface area contributed by atoms with Crippen LogP contribution in [0.3, 0.4) is 0 Å². The van der Waals surface area contributed by atoms with Crippen LogP contribution in [-0.4, -0.2) is 5.78 Å². The third-order valence-corrected chi connectivity index (χ3v) is 4.49. The van der Waals surface area contributed by atoms with E-state index in [1.54, 1.807) is 0 Å². The Balaban J connectivity index is 1.66. The van der Waals surface area contributed by atoms with Crippen LogP contribution in [0, 0.1) is 5.92 Å². The van der Waals surface area contributed by atoms with Gasteiger partial charge in [-0.2, -0.15) is 0 Å². The maximum Gasteiger partial charge on any atom is 0.163 e. The minimum absolute atomic E-state index is 0.321. The van der Waals surface area contributed by atoms with Crippen LogP contribution < -0.4 is 0 Å². The van der Waals surface area contributed by atoms with Crippen LogP contribution >= 0.6 is 0 Å². The highest BCUT2D eigenvalue weighted by atomic mass is 16.5. The van der Waals surface area contributed by atoms with Crippen molar-refractivity contribution in [1.29, 1.82) is 0 Å². The number of carbonyl (C=O) groups excluding carboxylic acids is 1. The van der Waals surface area contributed by atoms with Crippen molar-refractivity contribution < 1.29 is 9.53 Å². The molecule has 1 saturated carbocycles. The summed E-state index contributed by atoms with van der Waals surface area (Å²) in [5.74, 6) is 0.932. The van der Waals surface area contributed by atoms with Crippen LogP contribution in [0.25, 0.3) is 0 Å². The molecule has 2 nitrogen and oxygen atoms in total. The maximum absolute atomic E-state index is 12.4. The molecule has 1 fully saturated rings. The lowest BCUT2D eigenvalue weighted by molar-refractivity contribution is 0.0957. The van der Waals surface area contributed by atoms with Gasteiger partial charge in [0.15, 0.2) is 5.78 Å². The Hall–Kier alpha value is -1.15. The van der Waals surface area contributed by atoms with Crippen molar-refractivity contribution in [1.82, 2.24) is 0 Å². The van der Waals surface area contributed by atoms with Gasteiger partial charge in [-0.05, 0) is 23.1 Å². The van der Waals surface area contributed by atoms with Gasteiger partial charge in [-0.3, -0.25) is 4.79 Å². The Morgan fingerprint density at radius 3 is 2.58 bits per heavy atom. The number of ether oxygens (including phenoxy) is 1. The number of fused-ring (bicyclic) bond motifs is 1. The van der Waals surface area contributed by atoms with Crippen LogP contribution in [0.2, 0.25) is 0 Å². The zero-order valence-electron chi connectivity index (χ0n) is 11.5. The average Bonchev–Trinajstić information content (AvgIpc) is 2.75. The van der Waals surface area contributed by atoms with Gasteiger partial charge in [0.05, 0.1) is 13.2 Å². The standard InChI is InChI=1S/C17H22O2/c18-17(9-13-5-3-1-2-4-6-13)14-7-8-15-11-19-12-16(15)10-14/h7-8,10,13H,1-6,9,11-12H2. The summed E-state index contributed by atoms with van der Waals surface area (Å²) in [7, 11) is 0. The third-order valence-electron chi connectivity index (χ3n) is 4.49. The fraction of sp³-hybridized carbons (Fsp3) is 0.588. The summed E-state index contributed by atoms with van der Waals surface area (Å²) in [6.07, 6.45) is 8.51. The highest BCUT2D eigenvalue weighted by Crippen LogP contribution is 2.28. The van der Waals surface area contributed by atoms with Gasteiger partial charge in [-0.15, -0.1) is 0 Å². The van der Waals surface area contributed by atoms with Crippen molar-refractivity contribution in [2.45, 2.75) is 58.2 Å². The van der Waals surface area contributed by atoms with Crippen molar-refractivity contribution in [2.75, 3.05) is 0 Å². The fourth-order valence-corrected chi connectivity index (χ4v) is 3.29. The number of rotatable bonds is 3. The van der Waals surface area contributed by atoms with Crippen LogP contribution in [0.1, 0.15) is 66.4 Å². The number of carbonyl (C=O) groups is 1. The predicted octanol–water partition coefficient (Wildman–Crippen LogP) is 4.26. The van der Waals surface area contributed by atoms with Gasteiger partial charge in [-0.25, -0.2) is 0 Å². The second-order valence-electron chi connectivity index (χ2n) is 5.96. The minimum Gasteiger partial charge on any atom is -0.372 e. The van der Waals surface area contributed by atoms with Crippen LogP contribution in [-0.2, 0) is 18.0 Å². The fourth-order valence-electron chi connectivity index (χ4n) is 3.29. The molecule has 1 heterocycles. The smallest absolute Gasteiger partial charge is 0.163 e. The highest BCUT2D eigenvalue weighted by Gasteiger charge is 2.19. The van der Waals surface area contributed by atoms with E-state index in [9.17, 15) is 4.79 Å². The average molecular weight is 258 g/mol. The zero-order chi connectivity index (χ0) is 13.1. The molecule has 0 amide bonds. The quantitative estimate of drug-likeness (QED) is 0.598. The Kier molecular flexibility index (Phi) is 3.97. The number of hydrogen-bond donors (Lipinski definition) is 0. The van der Waals surface area contributed by atoms with Crippen molar-refractivity contribution in [3.8, 4) is 0 Å². The predicted molar refractivity (Wildman–Crippen MR) is 75.1 cm³/mol. The summed E-state index contributed by atoms with van der Waals surface area (Å²) in [6, 6.07) is 6.08. The second kappa shape index (κ2) is 5.87. The molecule has 1 aromatic rings. The van der Waals surface area contributed by atoms with Crippen molar-refractivity contribution >= 4 is 5.78 Å². The van der Waals surface area contributed by atoms with E-state index < -0.39 is 0 Å². The monoisotopic (exact) mass is 258 g/mol. The van der Waals surface area contributed by atoms with E-state index in [1.807, 2.05) is 12.1 Å². The summed E-state index contributed by atoms with van der Waals surface area (Å²) >= 11 is 0. The van der Waals surface area contributed by atoms with Crippen molar-refractivity contribution in [2.24, 2.45) is 5.92 Å². The van der Waals surface area contributed by atoms with Crippen LogP contribution in [0.4, 0.5) is 0 Å². The largest absolute Gasteiger partial charge is 0.372 e. The van der Waals surface area contributed by atoms with E-state index in [0.717, 1.165) is 12.0 Å². The topological polar surface area (TPSA) is 26.3 Å². The molecule has 0 aromatic heterocycles. The van der Waals surface area contributed by atoms with E-state index in [-0.39, 0.29) is 0 Å². The third kappa shape index (κ3) is 3.06. The summed E-state index contributed by atoms with van der Waals surface area (Å²) in [5, 5.41) is 0. The first-order valence-electron chi connectivity index (χ1n) is 7.55. The van der Waals surface area contributed by atoms with Crippen molar-refractivity contribution in [3.63, 3.8) is 0 Å². The molecule has 1 aliphatic heterocycles. The molecule has 0 atom stereocenters. The van der Waals surface area contributed by atoms with Gasteiger partial charge in [0.2, 0.25) is 0 Å². The number of hydrogen-bond acceptors (Lipinski definition) is 2. The zero-order valence-corrected chi connectivity index (χ0v) is 11.5.